The number of halogens is 1. The first-order valence-corrected chi connectivity index (χ1v) is 7.59. The number of rotatable bonds is 9. The van der Waals surface area contributed by atoms with Gasteiger partial charge in [0.15, 0.2) is 0 Å². The fourth-order valence-corrected chi connectivity index (χ4v) is 1.84. The second-order valence-electron chi connectivity index (χ2n) is 5.07. The molecule has 21 heavy (non-hydrogen) atoms. The fourth-order valence-electron chi connectivity index (χ4n) is 1.58. The molecule has 0 heterocycles. The minimum atomic E-state index is -0.960. The highest BCUT2D eigenvalue weighted by atomic mass is 79.9. The van der Waals surface area contributed by atoms with Gasteiger partial charge < -0.3 is 19.9 Å². The Balaban J connectivity index is 2.20. The molecule has 0 saturated carbocycles. The number of ether oxygens (including phenoxy) is 2. The first-order chi connectivity index (χ1) is 9.93. The van der Waals surface area contributed by atoms with Crippen LogP contribution >= 0.6 is 15.9 Å². The predicted molar refractivity (Wildman–Crippen MR) is 84.4 cm³/mol. The van der Waals surface area contributed by atoms with E-state index in [-0.39, 0.29) is 18.9 Å². The van der Waals surface area contributed by atoms with Gasteiger partial charge in [-0.15, -0.1) is 0 Å². The minimum absolute atomic E-state index is 0.148. The summed E-state index contributed by atoms with van der Waals surface area (Å²) >= 11 is 3.34. The summed E-state index contributed by atoms with van der Waals surface area (Å²) in [6.45, 7) is 2.63. The lowest BCUT2D eigenvalue weighted by Gasteiger charge is -2.23. The van der Waals surface area contributed by atoms with Gasteiger partial charge in [0.05, 0.1) is 18.6 Å². The number of nitrogens with one attached hydrogen (secondary N) is 1. The number of methoxy groups -OCH3 is 1. The molecule has 0 aromatic heterocycles. The quantitative estimate of drug-likeness (QED) is 0.708. The Morgan fingerprint density at radius 3 is 2.62 bits per heavy atom. The second kappa shape index (κ2) is 9.02. The van der Waals surface area contributed by atoms with Crippen LogP contribution in [0.3, 0.4) is 0 Å². The molecule has 0 fully saturated rings. The van der Waals surface area contributed by atoms with E-state index < -0.39 is 5.60 Å². The summed E-state index contributed by atoms with van der Waals surface area (Å²) in [5.41, 5.74) is -0.960. The summed E-state index contributed by atoms with van der Waals surface area (Å²) in [6.07, 6.45) is 0.718. The number of amides is 1. The van der Waals surface area contributed by atoms with Gasteiger partial charge in [-0.1, -0.05) is 15.9 Å². The molecule has 0 aliphatic rings. The first kappa shape index (κ1) is 17.9. The lowest BCUT2D eigenvalue weighted by atomic mass is 10.0. The molecular formula is C15H22BrNO4. The summed E-state index contributed by atoms with van der Waals surface area (Å²) in [6, 6.07) is 7.42. The van der Waals surface area contributed by atoms with Gasteiger partial charge in [0.1, 0.15) is 5.75 Å². The van der Waals surface area contributed by atoms with E-state index in [9.17, 15) is 9.90 Å². The summed E-state index contributed by atoms with van der Waals surface area (Å²) in [7, 11) is 1.58. The average molecular weight is 360 g/mol. The van der Waals surface area contributed by atoms with E-state index >= 15 is 0 Å². The maximum absolute atomic E-state index is 11.7. The van der Waals surface area contributed by atoms with Gasteiger partial charge >= 0.3 is 0 Å². The third kappa shape index (κ3) is 8.04. The molecule has 1 amide bonds. The van der Waals surface area contributed by atoms with Crippen LogP contribution < -0.4 is 10.1 Å². The van der Waals surface area contributed by atoms with Gasteiger partial charge in [-0.25, -0.2) is 0 Å². The molecule has 0 radical (unpaired) electrons. The molecule has 0 aliphatic carbocycles. The Hall–Kier alpha value is -1.11. The zero-order valence-electron chi connectivity index (χ0n) is 12.4. The Labute approximate surface area is 133 Å². The molecule has 5 nitrogen and oxygen atoms in total. The van der Waals surface area contributed by atoms with Crippen LogP contribution in [0.15, 0.2) is 28.7 Å². The standard InChI is InChI=1S/C15H22BrNO4/c1-15(19,8-10-20-2)11-17-14(18)7-9-21-13-5-3-12(16)4-6-13/h3-6,19H,7-11H2,1-2H3,(H,17,18). The van der Waals surface area contributed by atoms with Crippen molar-refractivity contribution in [3.8, 4) is 5.75 Å². The van der Waals surface area contributed by atoms with Gasteiger partial charge in [0.25, 0.3) is 0 Å². The largest absolute Gasteiger partial charge is 0.493 e. The third-order valence-electron chi connectivity index (χ3n) is 2.92. The van der Waals surface area contributed by atoms with E-state index in [1.165, 1.54) is 0 Å². The van der Waals surface area contributed by atoms with E-state index in [1.807, 2.05) is 24.3 Å². The molecule has 1 aromatic rings. The van der Waals surface area contributed by atoms with Gasteiger partial charge in [0.2, 0.25) is 5.91 Å². The normalized spacial score (nSPS) is 13.5. The van der Waals surface area contributed by atoms with Gasteiger partial charge in [-0.3, -0.25) is 4.79 Å². The van der Waals surface area contributed by atoms with Gasteiger partial charge in [-0.05, 0) is 31.2 Å². The van der Waals surface area contributed by atoms with E-state index in [1.54, 1.807) is 14.0 Å². The van der Waals surface area contributed by atoms with Crippen LogP contribution in [0.1, 0.15) is 19.8 Å². The van der Waals surface area contributed by atoms with E-state index in [4.69, 9.17) is 9.47 Å². The van der Waals surface area contributed by atoms with Crippen LogP contribution in [0, 0.1) is 0 Å². The van der Waals surface area contributed by atoms with Crippen LogP contribution in [0.5, 0.6) is 5.75 Å². The predicted octanol–water partition coefficient (Wildman–Crippen LogP) is 2.12. The van der Waals surface area contributed by atoms with Crippen molar-refractivity contribution in [1.82, 2.24) is 5.32 Å². The maximum atomic E-state index is 11.7. The Kier molecular flexibility index (Phi) is 7.71. The van der Waals surface area contributed by atoms with Crippen LogP contribution in [0.4, 0.5) is 0 Å². The number of carbonyl (C=O) groups excluding carboxylic acids is 1. The van der Waals surface area contributed by atoms with Crippen molar-refractivity contribution in [2.75, 3.05) is 26.9 Å². The molecule has 6 heteroatoms. The van der Waals surface area contributed by atoms with Gasteiger partial charge in [0, 0.05) is 31.2 Å². The zero-order valence-corrected chi connectivity index (χ0v) is 14.0. The maximum Gasteiger partial charge on any atom is 0.223 e. The van der Waals surface area contributed by atoms with Crippen molar-refractivity contribution in [3.05, 3.63) is 28.7 Å². The number of aliphatic hydroxyl groups is 1. The average Bonchev–Trinajstić information content (AvgIpc) is 2.45. The van der Waals surface area contributed by atoms with E-state index in [0.717, 1.165) is 10.2 Å². The lowest BCUT2D eigenvalue weighted by molar-refractivity contribution is -0.122. The fraction of sp³-hybridized carbons (Fsp3) is 0.533. The highest BCUT2D eigenvalue weighted by Crippen LogP contribution is 2.16. The number of carbonyl (C=O) groups is 1. The van der Waals surface area contributed by atoms with Crippen LogP contribution in [0.25, 0.3) is 0 Å². The van der Waals surface area contributed by atoms with Crippen molar-refractivity contribution in [2.24, 2.45) is 0 Å². The van der Waals surface area contributed by atoms with Crippen molar-refractivity contribution < 1.29 is 19.4 Å². The second-order valence-corrected chi connectivity index (χ2v) is 5.98. The summed E-state index contributed by atoms with van der Waals surface area (Å²) in [5.74, 6) is 0.572. The topological polar surface area (TPSA) is 67.8 Å². The SMILES string of the molecule is COCCC(C)(O)CNC(=O)CCOc1ccc(Br)cc1. The highest BCUT2D eigenvalue weighted by Gasteiger charge is 2.20. The van der Waals surface area contributed by atoms with Crippen molar-refractivity contribution in [3.63, 3.8) is 0 Å². The van der Waals surface area contributed by atoms with E-state index in [0.29, 0.717) is 19.6 Å². The van der Waals surface area contributed by atoms with Crippen LogP contribution in [-0.2, 0) is 9.53 Å². The highest BCUT2D eigenvalue weighted by molar-refractivity contribution is 9.10. The number of hydrogen-bond donors (Lipinski definition) is 2. The molecule has 1 rings (SSSR count). The monoisotopic (exact) mass is 359 g/mol. The Morgan fingerprint density at radius 1 is 1.33 bits per heavy atom. The molecule has 1 unspecified atom stereocenters. The smallest absolute Gasteiger partial charge is 0.223 e. The molecule has 2 N–H and O–H groups in total. The summed E-state index contributed by atoms with van der Waals surface area (Å²) in [5, 5.41) is 12.7. The molecule has 0 aliphatic heterocycles. The third-order valence-corrected chi connectivity index (χ3v) is 3.45. The zero-order chi connectivity index (χ0) is 15.7. The molecule has 0 spiro atoms. The first-order valence-electron chi connectivity index (χ1n) is 6.79. The molecule has 0 saturated heterocycles. The summed E-state index contributed by atoms with van der Waals surface area (Å²) < 4.78 is 11.4. The number of hydrogen-bond acceptors (Lipinski definition) is 4. The Bertz CT molecular complexity index is 434. The lowest BCUT2D eigenvalue weighted by Crippen LogP contribution is -2.41. The van der Waals surface area contributed by atoms with Crippen LogP contribution in [0.2, 0.25) is 0 Å². The van der Waals surface area contributed by atoms with Crippen LogP contribution in [-0.4, -0.2) is 43.5 Å². The van der Waals surface area contributed by atoms with Gasteiger partial charge in [-0.2, -0.15) is 0 Å². The molecular weight excluding hydrogens is 338 g/mol. The summed E-state index contributed by atoms with van der Waals surface area (Å²) in [4.78, 5) is 11.7. The molecule has 1 atom stereocenters. The van der Waals surface area contributed by atoms with Crippen molar-refractivity contribution in [1.29, 1.82) is 0 Å². The number of benzene rings is 1. The Morgan fingerprint density at radius 2 is 2.00 bits per heavy atom. The minimum Gasteiger partial charge on any atom is -0.493 e. The molecule has 0 bridgehead atoms. The molecule has 118 valence electrons. The van der Waals surface area contributed by atoms with Crippen molar-refractivity contribution in [2.45, 2.75) is 25.4 Å². The van der Waals surface area contributed by atoms with E-state index in [2.05, 4.69) is 21.2 Å². The van der Waals surface area contributed by atoms with Crippen molar-refractivity contribution >= 4 is 21.8 Å². The molecule has 1 aromatic carbocycles.